The van der Waals surface area contributed by atoms with Gasteiger partial charge in [-0.2, -0.15) is 0 Å². The predicted molar refractivity (Wildman–Crippen MR) is 81.6 cm³/mol. The summed E-state index contributed by atoms with van der Waals surface area (Å²) in [4.78, 5) is 2.61. The van der Waals surface area contributed by atoms with Gasteiger partial charge in [0.1, 0.15) is 0 Å². The molecule has 1 atom stereocenters. The lowest BCUT2D eigenvalue weighted by molar-refractivity contribution is -0.121. The van der Waals surface area contributed by atoms with Crippen molar-refractivity contribution >= 4 is 0 Å². The molecule has 3 rings (SSSR count). The van der Waals surface area contributed by atoms with E-state index in [1.807, 2.05) is 0 Å². The van der Waals surface area contributed by atoms with Gasteiger partial charge in [-0.25, -0.2) is 0 Å². The van der Waals surface area contributed by atoms with Gasteiger partial charge in [0.2, 0.25) is 0 Å². The Balaban J connectivity index is 1.84. The molecular formula is C17H26N2O. The van der Waals surface area contributed by atoms with Crippen molar-refractivity contribution in [1.82, 2.24) is 4.90 Å². The fourth-order valence-corrected chi connectivity index (χ4v) is 3.92. The summed E-state index contributed by atoms with van der Waals surface area (Å²) < 4.78 is 5.90. The molecule has 0 spiro atoms. The SMILES string of the molecule is CC1(C)CC(CN)(N2CCc3ccccc3C2)CCO1. The van der Waals surface area contributed by atoms with E-state index in [0.29, 0.717) is 0 Å². The van der Waals surface area contributed by atoms with Gasteiger partial charge in [0.15, 0.2) is 0 Å². The number of rotatable bonds is 2. The third kappa shape index (κ3) is 2.50. The first-order chi connectivity index (χ1) is 9.55. The minimum absolute atomic E-state index is 0.0609. The molecule has 0 radical (unpaired) electrons. The Morgan fingerprint density at radius 3 is 2.70 bits per heavy atom. The number of benzene rings is 1. The monoisotopic (exact) mass is 274 g/mol. The normalized spacial score (nSPS) is 29.9. The number of nitrogens with zero attached hydrogens (tertiary/aromatic N) is 1. The molecule has 1 saturated heterocycles. The highest BCUT2D eigenvalue weighted by Crippen LogP contribution is 2.38. The van der Waals surface area contributed by atoms with Crippen LogP contribution < -0.4 is 5.73 Å². The molecule has 0 saturated carbocycles. The summed E-state index contributed by atoms with van der Waals surface area (Å²) in [6.07, 6.45) is 3.22. The van der Waals surface area contributed by atoms with Crippen LogP contribution in [0.4, 0.5) is 0 Å². The van der Waals surface area contributed by atoms with Gasteiger partial charge in [-0.3, -0.25) is 4.90 Å². The summed E-state index contributed by atoms with van der Waals surface area (Å²) in [5.41, 5.74) is 9.23. The van der Waals surface area contributed by atoms with E-state index in [4.69, 9.17) is 10.5 Å². The van der Waals surface area contributed by atoms with E-state index in [9.17, 15) is 0 Å². The van der Waals surface area contributed by atoms with Crippen molar-refractivity contribution < 1.29 is 4.74 Å². The Bertz CT molecular complexity index is 486. The Kier molecular flexibility index (Phi) is 3.61. The Hall–Kier alpha value is -0.900. The third-order valence-corrected chi connectivity index (χ3v) is 5.00. The number of hydrogen-bond donors (Lipinski definition) is 1. The van der Waals surface area contributed by atoms with Crippen LogP contribution in [0.3, 0.4) is 0 Å². The first-order valence-corrected chi connectivity index (χ1v) is 7.71. The first kappa shape index (κ1) is 14.1. The average molecular weight is 274 g/mol. The van der Waals surface area contributed by atoms with Gasteiger partial charge in [0, 0.05) is 31.8 Å². The summed E-state index contributed by atoms with van der Waals surface area (Å²) in [5.74, 6) is 0. The standard InChI is InChI=1S/C17H26N2O/c1-16(2)12-17(13-18,8-10-20-16)19-9-7-14-5-3-4-6-15(14)11-19/h3-6H,7-13,18H2,1-2H3. The van der Waals surface area contributed by atoms with Gasteiger partial charge in [0.25, 0.3) is 0 Å². The van der Waals surface area contributed by atoms with Gasteiger partial charge in [-0.1, -0.05) is 24.3 Å². The molecule has 3 heteroatoms. The molecule has 20 heavy (non-hydrogen) atoms. The molecule has 1 aromatic rings. The number of hydrogen-bond acceptors (Lipinski definition) is 3. The average Bonchev–Trinajstić information content (AvgIpc) is 2.45. The van der Waals surface area contributed by atoms with E-state index in [-0.39, 0.29) is 11.1 Å². The third-order valence-electron chi connectivity index (χ3n) is 5.00. The minimum Gasteiger partial charge on any atom is -0.375 e. The minimum atomic E-state index is -0.0609. The van der Waals surface area contributed by atoms with Crippen molar-refractivity contribution in [3.63, 3.8) is 0 Å². The van der Waals surface area contributed by atoms with E-state index in [1.165, 1.54) is 11.1 Å². The molecule has 1 unspecified atom stereocenters. The van der Waals surface area contributed by atoms with E-state index in [0.717, 1.165) is 45.5 Å². The fourth-order valence-electron chi connectivity index (χ4n) is 3.92. The van der Waals surface area contributed by atoms with Crippen molar-refractivity contribution in [3.8, 4) is 0 Å². The molecule has 1 aromatic carbocycles. The molecule has 1 fully saturated rings. The van der Waals surface area contributed by atoms with Crippen LogP contribution in [-0.2, 0) is 17.7 Å². The quantitative estimate of drug-likeness (QED) is 0.899. The van der Waals surface area contributed by atoms with Gasteiger partial charge in [-0.05, 0) is 44.2 Å². The number of fused-ring (bicyclic) bond motifs is 1. The maximum absolute atomic E-state index is 6.21. The second-order valence-electron chi connectivity index (χ2n) is 6.90. The maximum atomic E-state index is 6.21. The topological polar surface area (TPSA) is 38.5 Å². The van der Waals surface area contributed by atoms with Crippen LogP contribution in [0.2, 0.25) is 0 Å². The van der Waals surface area contributed by atoms with E-state index < -0.39 is 0 Å². The van der Waals surface area contributed by atoms with E-state index in [1.54, 1.807) is 0 Å². The number of ether oxygens (including phenoxy) is 1. The van der Waals surface area contributed by atoms with Crippen LogP contribution in [0.1, 0.15) is 37.8 Å². The zero-order valence-corrected chi connectivity index (χ0v) is 12.7. The molecule has 0 aliphatic carbocycles. The van der Waals surface area contributed by atoms with Gasteiger partial charge in [-0.15, -0.1) is 0 Å². The second-order valence-corrected chi connectivity index (χ2v) is 6.90. The van der Waals surface area contributed by atoms with Crippen molar-refractivity contribution in [2.75, 3.05) is 19.7 Å². The molecule has 2 N–H and O–H groups in total. The van der Waals surface area contributed by atoms with E-state index in [2.05, 4.69) is 43.0 Å². The second kappa shape index (κ2) is 5.14. The molecule has 3 nitrogen and oxygen atoms in total. The van der Waals surface area contributed by atoms with Crippen molar-refractivity contribution in [2.24, 2.45) is 5.73 Å². The molecular weight excluding hydrogens is 248 g/mol. The maximum Gasteiger partial charge on any atom is 0.0644 e. The predicted octanol–water partition coefficient (Wildman–Crippen LogP) is 2.33. The largest absolute Gasteiger partial charge is 0.375 e. The van der Waals surface area contributed by atoms with Crippen LogP contribution in [0.25, 0.3) is 0 Å². The van der Waals surface area contributed by atoms with Crippen LogP contribution in [0.5, 0.6) is 0 Å². The van der Waals surface area contributed by atoms with Gasteiger partial charge >= 0.3 is 0 Å². The smallest absolute Gasteiger partial charge is 0.0644 e. The summed E-state index contributed by atoms with van der Waals surface area (Å²) in [7, 11) is 0. The molecule has 2 aliphatic heterocycles. The lowest BCUT2D eigenvalue weighted by Crippen LogP contribution is -2.61. The van der Waals surface area contributed by atoms with Crippen LogP contribution in [-0.4, -0.2) is 35.7 Å². The van der Waals surface area contributed by atoms with Gasteiger partial charge < -0.3 is 10.5 Å². The van der Waals surface area contributed by atoms with Crippen molar-refractivity contribution in [3.05, 3.63) is 35.4 Å². The molecule has 0 bridgehead atoms. The van der Waals surface area contributed by atoms with E-state index >= 15 is 0 Å². The molecule has 2 aliphatic rings. The van der Waals surface area contributed by atoms with Crippen molar-refractivity contribution in [1.29, 1.82) is 0 Å². The summed E-state index contributed by atoms with van der Waals surface area (Å²) in [5, 5.41) is 0. The Morgan fingerprint density at radius 1 is 1.25 bits per heavy atom. The first-order valence-electron chi connectivity index (χ1n) is 7.71. The lowest BCUT2D eigenvalue weighted by atomic mass is 9.78. The van der Waals surface area contributed by atoms with Crippen molar-refractivity contribution in [2.45, 2.75) is 50.8 Å². The highest BCUT2D eigenvalue weighted by Gasteiger charge is 2.44. The molecule has 0 aromatic heterocycles. The zero-order valence-electron chi connectivity index (χ0n) is 12.7. The Morgan fingerprint density at radius 2 is 2.00 bits per heavy atom. The summed E-state index contributed by atoms with van der Waals surface area (Å²) in [6, 6.07) is 8.81. The van der Waals surface area contributed by atoms with Gasteiger partial charge in [0.05, 0.1) is 5.60 Å². The molecule has 110 valence electrons. The zero-order chi connectivity index (χ0) is 14.2. The van der Waals surface area contributed by atoms with Crippen LogP contribution in [0, 0.1) is 0 Å². The highest BCUT2D eigenvalue weighted by molar-refractivity contribution is 5.29. The fraction of sp³-hybridized carbons (Fsp3) is 0.647. The summed E-state index contributed by atoms with van der Waals surface area (Å²) in [6.45, 7) is 8.07. The van der Waals surface area contributed by atoms with Crippen LogP contribution in [0.15, 0.2) is 24.3 Å². The molecule has 2 heterocycles. The highest BCUT2D eigenvalue weighted by atomic mass is 16.5. The Labute approximate surface area is 122 Å². The lowest BCUT2D eigenvalue weighted by Gasteiger charge is -2.52. The summed E-state index contributed by atoms with van der Waals surface area (Å²) >= 11 is 0. The van der Waals surface area contributed by atoms with Crippen LogP contribution >= 0.6 is 0 Å². The number of nitrogens with two attached hydrogens (primary N) is 1. The molecule has 0 amide bonds.